The van der Waals surface area contributed by atoms with E-state index >= 15 is 0 Å². The summed E-state index contributed by atoms with van der Waals surface area (Å²) in [6.07, 6.45) is 3.31. The number of benzene rings is 2. The normalized spacial score (nSPS) is 15.5. The van der Waals surface area contributed by atoms with Crippen molar-refractivity contribution in [3.05, 3.63) is 107 Å². The zero-order valence-corrected chi connectivity index (χ0v) is 23.2. The lowest BCUT2D eigenvalue weighted by Crippen LogP contribution is -2.42. The topological polar surface area (TPSA) is 80.1 Å². The first-order valence-electron chi connectivity index (χ1n) is 12.8. The van der Waals surface area contributed by atoms with Gasteiger partial charge in [0.2, 0.25) is 11.8 Å². The molecule has 4 aromatic rings. The van der Waals surface area contributed by atoms with Gasteiger partial charge in [0, 0.05) is 29.9 Å². The molecule has 0 aliphatic carbocycles. The fourth-order valence-electron chi connectivity index (χ4n) is 4.67. The van der Waals surface area contributed by atoms with Crippen LogP contribution in [0.25, 0.3) is 5.69 Å². The molecule has 40 heavy (non-hydrogen) atoms. The summed E-state index contributed by atoms with van der Waals surface area (Å²) in [5.41, 5.74) is 3.00. The Morgan fingerprint density at radius 1 is 1.07 bits per heavy atom. The van der Waals surface area contributed by atoms with Gasteiger partial charge in [-0.25, -0.2) is 13.5 Å². The van der Waals surface area contributed by atoms with Gasteiger partial charge >= 0.3 is 0 Å². The Labute approximate surface area is 235 Å². The highest BCUT2D eigenvalue weighted by Crippen LogP contribution is 2.48. The number of fused-ring (bicyclic) bond motifs is 1. The van der Waals surface area contributed by atoms with Crippen LogP contribution < -0.4 is 10.2 Å². The molecule has 1 aliphatic rings. The Kier molecular flexibility index (Phi) is 7.71. The average molecular weight is 562 g/mol. The van der Waals surface area contributed by atoms with E-state index in [-0.39, 0.29) is 36.5 Å². The molecule has 2 aromatic heterocycles. The molecule has 206 valence electrons. The number of aromatic nitrogens is 3. The van der Waals surface area contributed by atoms with Crippen LogP contribution in [0.4, 0.5) is 14.6 Å². The molecule has 10 heteroatoms. The molecule has 1 atom stereocenters. The van der Waals surface area contributed by atoms with Gasteiger partial charge in [0.25, 0.3) is 0 Å². The maximum absolute atomic E-state index is 14.4. The van der Waals surface area contributed by atoms with Gasteiger partial charge in [0.1, 0.15) is 24.0 Å². The predicted octanol–water partition coefficient (Wildman–Crippen LogP) is 5.33. The zero-order chi connectivity index (χ0) is 28.4. The SMILES string of the molecule is CC(C)(C)c1nn(-c2ccc(F)cc2)c2c1[C@@H](c1cccc(F)c1)SCC(=O)N2CC(=O)NCc1cccnc1. The minimum Gasteiger partial charge on any atom is -0.350 e. The van der Waals surface area contributed by atoms with Crippen molar-refractivity contribution in [1.29, 1.82) is 0 Å². The Morgan fingerprint density at radius 2 is 1.85 bits per heavy atom. The molecule has 0 saturated carbocycles. The molecule has 7 nitrogen and oxygen atoms in total. The summed E-state index contributed by atoms with van der Waals surface area (Å²) in [5, 5.41) is 7.38. The Hall–Kier alpha value is -4.05. The summed E-state index contributed by atoms with van der Waals surface area (Å²) < 4.78 is 29.9. The monoisotopic (exact) mass is 561 g/mol. The van der Waals surface area contributed by atoms with E-state index in [0.717, 1.165) is 11.1 Å². The highest BCUT2D eigenvalue weighted by molar-refractivity contribution is 8.00. The van der Waals surface area contributed by atoms with Crippen molar-refractivity contribution in [3.8, 4) is 5.69 Å². The van der Waals surface area contributed by atoms with E-state index in [4.69, 9.17) is 5.10 Å². The lowest BCUT2D eigenvalue weighted by molar-refractivity contribution is -0.123. The van der Waals surface area contributed by atoms with E-state index in [9.17, 15) is 18.4 Å². The standard InChI is InChI=1S/C30H29F2N5O2S/c1-30(2,3)28-26-27(20-7-4-8-22(32)14-20)40-18-25(39)36(17-24(38)34-16-19-6-5-13-33-15-19)29(26)37(35-28)23-11-9-21(31)10-12-23/h4-15,27H,16-18H2,1-3H3,(H,34,38)/t27-/m1/s1. The molecule has 0 radical (unpaired) electrons. The lowest BCUT2D eigenvalue weighted by Gasteiger charge is -2.24. The van der Waals surface area contributed by atoms with Gasteiger partial charge in [-0.05, 0) is 53.6 Å². The summed E-state index contributed by atoms with van der Waals surface area (Å²) in [5.74, 6) is -0.957. The van der Waals surface area contributed by atoms with E-state index in [1.807, 2.05) is 32.9 Å². The number of nitrogens with one attached hydrogen (secondary N) is 1. The number of hydrogen-bond donors (Lipinski definition) is 1. The van der Waals surface area contributed by atoms with Crippen LogP contribution in [0.1, 0.15) is 48.4 Å². The lowest BCUT2D eigenvalue weighted by atomic mass is 9.87. The highest BCUT2D eigenvalue weighted by Gasteiger charge is 2.40. The largest absolute Gasteiger partial charge is 0.350 e. The Morgan fingerprint density at radius 3 is 2.52 bits per heavy atom. The number of halogens is 2. The van der Waals surface area contributed by atoms with Gasteiger partial charge in [0.05, 0.1) is 22.4 Å². The summed E-state index contributed by atoms with van der Waals surface area (Å²) in [7, 11) is 0. The number of anilines is 1. The average Bonchev–Trinajstić information content (AvgIpc) is 3.26. The van der Waals surface area contributed by atoms with Crippen LogP contribution in [-0.4, -0.2) is 38.9 Å². The summed E-state index contributed by atoms with van der Waals surface area (Å²) in [6, 6.07) is 15.7. The molecule has 1 N–H and O–H groups in total. The first-order valence-corrected chi connectivity index (χ1v) is 13.9. The quantitative estimate of drug-likeness (QED) is 0.344. The van der Waals surface area contributed by atoms with Gasteiger partial charge in [-0.15, -0.1) is 11.8 Å². The number of nitrogens with zero attached hydrogens (tertiary/aromatic N) is 4. The second-order valence-electron chi connectivity index (χ2n) is 10.6. The smallest absolute Gasteiger partial charge is 0.240 e. The molecule has 0 bridgehead atoms. The van der Waals surface area contributed by atoms with Gasteiger partial charge in [-0.1, -0.05) is 39.0 Å². The van der Waals surface area contributed by atoms with Crippen molar-refractivity contribution in [2.24, 2.45) is 0 Å². The number of hydrogen-bond acceptors (Lipinski definition) is 5. The highest BCUT2D eigenvalue weighted by atomic mass is 32.2. The maximum Gasteiger partial charge on any atom is 0.240 e. The molecule has 0 spiro atoms. The van der Waals surface area contributed by atoms with Crippen molar-refractivity contribution in [3.63, 3.8) is 0 Å². The van der Waals surface area contributed by atoms with E-state index in [0.29, 0.717) is 22.8 Å². The molecule has 0 saturated heterocycles. The first-order chi connectivity index (χ1) is 19.1. The van der Waals surface area contributed by atoms with Crippen LogP contribution in [0.15, 0.2) is 73.1 Å². The summed E-state index contributed by atoms with van der Waals surface area (Å²) in [6.45, 7) is 6.03. The van der Waals surface area contributed by atoms with E-state index in [2.05, 4.69) is 10.3 Å². The number of rotatable bonds is 6. The molecule has 5 rings (SSSR count). The third kappa shape index (κ3) is 5.77. The van der Waals surface area contributed by atoms with Gasteiger partial charge in [-0.2, -0.15) is 5.10 Å². The van der Waals surface area contributed by atoms with E-state index < -0.39 is 16.5 Å². The number of amides is 2. The molecular weight excluding hydrogens is 532 g/mol. The third-order valence-electron chi connectivity index (χ3n) is 6.54. The summed E-state index contributed by atoms with van der Waals surface area (Å²) >= 11 is 1.37. The molecule has 2 aromatic carbocycles. The van der Waals surface area contributed by atoms with Gasteiger partial charge in [0.15, 0.2) is 0 Å². The molecular formula is C30H29F2N5O2S. The fourth-order valence-corrected chi connectivity index (χ4v) is 5.86. The fraction of sp³-hybridized carbons (Fsp3) is 0.267. The van der Waals surface area contributed by atoms with Crippen molar-refractivity contribution < 1.29 is 18.4 Å². The number of pyridine rings is 1. The third-order valence-corrected chi connectivity index (χ3v) is 7.79. The van der Waals surface area contributed by atoms with Crippen LogP contribution in [0, 0.1) is 11.6 Å². The van der Waals surface area contributed by atoms with Crippen LogP contribution >= 0.6 is 11.8 Å². The van der Waals surface area contributed by atoms with E-state index in [1.54, 1.807) is 41.3 Å². The molecule has 0 fully saturated rings. The molecule has 0 unspecified atom stereocenters. The van der Waals surface area contributed by atoms with Crippen molar-refractivity contribution in [1.82, 2.24) is 20.1 Å². The van der Waals surface area contributed by atoms with Gasteiger partial charge < -0.3 is 5.32 Å². The van der Waals surface area contributed by atoms with Crippen molar-refractivity contribution in [2.75, 3.05) is 17.2 Å². The molecule has 1 aliphatic heterocycles. The molecule has 2 amide bonds. The van der Waals surface area contributed by atoms with Crippen LogP contribution in [0.5, 0.6) is 0 Å². The number of thioether (sulfide) groups is 1. The zero-order valence-electron chi connectivity index (χ0n) is 22.4. The van der Waals surface area contributed by atoms with E-state index in [1.165, 1.54) is 40.9 Å². The van der Waals surface area contributed by atoms with Crippen LogP contribution in [0.3, 0.4) is 0 Å². The predicted molar refractivity (Wildman–Crippen MR) is 151 cm³/mol. The second-order valence-corrected chi connectivity index (χ2v) is 11.7. The number of carbonyl (C=O) groups is 2. The first kappa shape index (κ1) is 27.5. The summed E-state index contributed by atoms with van der Waals surface area (Å²) in [4.78, 5) is 32.4. The number of carbonyl (C=O) groups excluding carboxylic acids is 2. The van der Waals surface area contributed by atoms with Crippen molar-refractivity contribution >= 4 is 29.4 Å². The minimum absolute atomic E-state index is 0.0682. The minimum atomic E-state index is -0.469. The van der Waals surface area contributed by atoms with Gasteiger partial charge in [-0.3, -0.25) is 19.5 Å². The van der Waals surface area contributed by atoms with Crippen LogP contribution in [0.2, 0.25) is 0 Å². The van der Waals surface area contributed by atoms with Crippen LogP contribution in [-0.2, 0) is 21.5 Å². The molecule has 3 heterocycles. The maximum atomic E-state index is 14.4. The Bertz CT molecular complexity index is 1530. The van der Waals surface area contributed by atoms with Crippen molar-refractivity contribution in [2.45, 2.75) is 38.0 Å². The Balaban J connectivity index is 1.65. The second kappa shape index (κ2) is 11.2.